The predicted molar refractivity (Wildman–Crippen MR) is 110 cm³/mol. The third kappa shape index (κ3) is 3.14. The fraction of sp³-hybridized carbons (Fsp3) is 0.381. The van der Waals surface area contributed by atoms with Crippen molar-refractivity contribution in [2.75, 3.05) is 44.3 Å². The van der Waals surface area contributed by atoms with Crippen molar-refractivity contribution in [3.8, 4) is 0 Å². The molecule has 28 heavy (non-hydrogen) atoms. The second-order valence-electron chi connectivity index (χ2n) is 7.23. The number of hydrogen-bond donors (Lipinski definition) is 0. The molecule has 2 saturated heterocycles. The molecule has 0 bridgehead atoms. The lowest BCUT2D eigenvalue weighted by molar-refractivity contribution is 0.0305. The van der Waals surface area contributed by atoms with Crippen molar-refractivity contribution < 1.29 is 9.53 Å². The highest BCUT2D eigenvalue weighted by Crippen LogP contribution is 2.41. The molecule has 4 heterocycles. The summed E-state index contributed by atoms with van der Waals surface area (Å²) in [5.74, 6) is 1.22. The van der Waals surface area contributed by atoms with Gasteiger partial charge in [0, 0.05) is 49.2 Å². The maximum atomic E-state index is 13.3. The van der Waals surface area contributed by atoms with E-state index in [2.05, 4.69) is 33.1 Å². The number of aromatic nitrogens is 2. The number of hydrogen-bond acceptors (Lipinski definition) is 6. The number of carbonyl (C=O) groups is 1. The predicted octanol–water partition coefficient (Wildman–Crippen LogP) is 3.16. The van der Waals surface area contributed by atoms with E-state index >= 15 is 0 Å². The Labute approximate surface area is 167 Å². The summed E-state index contributed by atoms with van der Waals surface area (Å²) in [5, 5.41) is 1.21. The molecule has 7 heteroatoms. The molecule has 0 N–H and O–H groups in total. The summed E-state index contributed by atoms with van der Waals surface area (Å²) in [5.41, 5.74) is 1.20. The SMILES string of the molecule is O=C(c1sc2ccccc2c1[C@H]1CCN(c2ncccn2)C1)N1CCOCC1. The van der Waals surface area contributed by atoms with Gasteiger partial charge in [-0.2, -0.15) is 0 Å². The average molecular weight is 395 g/mol. The topological polar surface area (TPSA) is 58.6 Å². The zero-order valence-electron chi connectivity index (χ0n) is 15.6. The van der Waals surface area contributed by atoms with Crippen molar-refractivity contribution in [3.05, 3.63) is 53.2 Å². The number of anilines is 1. The summed E-state index contributed by atoms with van der Waals surface area (Å²) in [4.78, 5) is 27.2. The fourth-order valence-electron chi connectivity index (χ4n) is 4.17. The average Bonchev–Trinajstić information content (AvgIpc) is 3.39. The largest absolute Gasteiger partial charge is 0.378 e. The van der Waals surface area contributed by atoms with E-state index in [1.807, 2.05) is 17.0 Å². The molecule has 1 amide bonds. The number of fused-ring (bicyclic) bond motifs is 1. The van der Waals surface area contributed by atoms with Crippen LogP contribution in [0.2, 0.25) is 0 Å². The Balaban J connectivity index is 1.50. The Morgan fingerprint density at radius 1 is 1.07 bits per heavy atom. The standard InChI is InChI=1S/C21H22N4O2S/c26-20(24-10-12-27-13-11-24)19-18(16-4-1-2-5-17(16)28-19)15-6-9-25(14-15)21-22-7-3-8-23-21/h1-5,7-8,15H,6,9-14H2/t15-/m0/s1. The number of amides is 1. The van der Waals surface area contributed by atoms with Crippen molar-refractivity contribution in [2.45, 2.75) is 12.3 Å². The van der Waals surface area contributed by atoms with E-state index < -0.39 is 0 Å². The molecular formula is C21H22N4O2S. The van der Waals surface area contributed by atoms with Crippen LogP contribution in [0.5, 0.6) is 0 Å². The molecular weight excluding hydrogens is 372 g/mol. The minimum Gasteiger partial charge on any atom is -0.378 e. The van der Waals surface area contributed by atoms with Gasteiger partial charge in [0.25, 0.3) is 5.91 Å². The van der Waals surface area contributed by atoms with E-state index in [4.69, 9.17) is 4.74 Å². The van der Waals surface area contributed by atoms with Gasteiger partial charge in [0.2, 0.25) is 5.95 Å². The van der Waals surface area contributed by atoms with E-state index in [-0.39, 0.29) is 5.91 Å². The van der Waals surface area contributed by atoms with Crippen molar-refractivity contribution in [2.24, 2.45) is 0 Å². The number of rotatable bonds is 3. The van der Waals surface area contributed by atoms with Gasteiger partial charge in [-0.15, -0.1) is 11.3 Å². The first-order valence-corrected chi connectivity index (χ1v) is 10.5. The monoisotopic (exact) mass is 394 g/mol. The Morgan fingerprint density at radius 2 is 1.86 bits per heavy atom. The minimum absolute atomic E-state index is 0.147. The lowest BCUT2D eigenvalue weighted by Crippen LogP contribution is -2.40. The van der Waals surface area contributed by atoms with Crippen LogP contribution in [0, 0.1) is 0 Å². The van der Waals surface area contributed by atoms with E-state index in [1.54, 1.807) is 23.7 Å². The number of benzene rings is 1. The van der Waals surface area contributed by atoms with Crippen LogP contribution < -0.4 is 4.90 Å². The zero-order valence-corrected chi connectivity index (χ0v) is 16.4. The molecule has 144 valence electrons. The molecule has 2 aliphatic rings. The maximum absolute atomic E-state index is 13.3. The summed E-state index contributed by atoms with van der Waals surface area (Å²) >= 11 is 1.63. The maximum Gasteiger partial charge on any atom is 0.264 e. The van der Waals surface area contributed by atoms with Crippen LogP contribution in [0.1, 0.15) is 27.6 Å². The first kappa shape index (κ1) is 17.6. The molecule has 0 spiro atoms. The van der Waals surface area contributed by atoms with E-state index in [1.165, 1.54) is 15.6 Å². The number of thiophene rings is 1. The van der Waals surface area contributed by atoms with Crippen LogP contribution in [0.15, 0.2) is 42.7 Å². The zero-order chi connectivity index (χ0) is 18.9. The molecule has 6 nitrogen and oxygen atoms in total. The molecule has 3 aromatic rings. The quantitative estimate of drug-likeness (QED) is 0.683. The van der Waals surface area contributed by atoms with Crippen molar-refractivity contribution in [1.29, 1.82) is 0 Å². The van der Waals surface area contributed by atoms with Crippen LogP contribution >= 0.6 is 11.3 Å². The van der Waals surface area contributed by atoms with Gasteiger partial charge in [-0.05, 0) is 29.5 Å². The van der Waals surface area contributed by atoms with E-state index in [9.17, 15) is 4.79 Å². The van der Waals surface area contributed by atoms with Crippen LogP contribution in [-0.2, 0) is 4.74 Å². The highest BCUT2D eigenvalue weighted by molar-refractivity contribution is 7.21. The molecule has 0 saturated carbocycles. The Kier molecular flexibility index (Phi) is 4.70. The van der Waals surface area contributed by atoms with Crippen molar-refractivity contribution in [1.82, 2.24) is 14.9 Å². The summed E-state index contributed by atoms with van der Waals surface area (Å²) < 4.78 is 6.61. The molecule has 1 atom stereocenters. The van der Waals surface area contributed by atoms with Gasteiger partial charge in [0.05, 0.1) is 18.1 Å². The van der Waals surface area contributed by atoms with Crippen LogP contribution in [0.3, 0.4) is 0 Å². The Morgan fingerprint density at radius 3 is 2.68 bits per heavy atom. The molecule has 5 rings (SSSR count). The molecule has 2 aromatic heterocycles. The second kappa shape index (κ2) is 7.48. The Bertz CT molecular complexity index is 984. The third-order valence-corrected chi connectivity index (χ3v) is 6.73. The van der Waals surface area contributed by atoms with Gasteiger partial charge in [-0.25, -0.2) is 9.97 Å². The van der Waals surface area contributed by atoms with Gasteiger partial charge in [0.15, 0.2) is 0 Å². The highest BCUT2D eigenvalue weighted by atomic mass is 32.1. The lowest BCUT2D eigenvalue weighted by Gasteiger charge is -2.27. The second-order valence-corrected chi connectivity index (χ2v) is 8.28. The summed E-state index contributed by atoms with van der Waals surface area (Å²) in [7, 11) is 0. The minimum atomic E-state index is 0.147. The third-order valence-electron chi connectivity index (χ3n) is 5.56. The summed E-state index contributed by atoms with van der Waals surface area (Å²) in [6.45, 7) is 4.32. The van der Waals surface area contributed by atoms with Gasteiger partial charge >= 0.3 is 0 Å². The molecule has 0 radical (unpaired) electrons. The highest BCUT2D eigenvalue weighted by Gasteiger charge is 2.33. The van der Waals surface area contributed by atoms with Gasteiger partial charge < -0.3 is 14.5 Å². The van der Waals surface area contributed by atoms with Gasteiger partial charge in [-0.3, -0.25) is 4.79 Å². The normalized spacial score (nSPS) is 20.1. The molecule has 0 aliphatic carbocycles. The summed E-state index contributed by atoms with van der Waals surface area (Å²) in [6, 6.07) is 10.2. The van der Waals surface area contributed by atoms with Crippen molar-refractivity contribution in [3.63, 3.8) is 0 Å². The number of morpholine rings is 1. The van der Waals surface area contributed by atoms with Crippen LogP contribution in [0.25, 0.3) is 10.1 Å². The van der Waals surface area contributed by atoms with E-state index in [0.717, 1.165) is 30.3 Å². The number of nitrogens with zero attached hydrogens (tertiary/aromatic N) is 4. The first-order chi connectivity index (χ1) is 13.8. The van der Waals surface area contributed by atoms with Crippen LogP contribution in [0.4, 0.5) is 5.95 Å². The summed E-state index contributed by atoms with van der Waals surface area (Å²) in [6.07, 6.45) is 4.56. The number of ether oxygens (including phenoxy) is 1. The lowest BCUT2D eigenvalue weighted by atomic mass is 9.94. The molecule has 2 fully saturated rings. The molecule has 1 aromatic carbocycles. The van der Waals surface area contributed by atoms with Crippen LogP contribution in [-0.4, -0.2) is 60.2 Å². The molecule has 0 unspecified atom stereocenters. The smallest absolute Gasteiger partial charge is 0.264 e. The number of carbonyl (C=O) groups excluding carboxylic acids is 1. The van der Waals surface area contributed by atoms with Crippen molar-refractivity contribution >= 4 is 33.3 Å². The fourth-order valence-corrected chi connectivity index (χ4v) is 5.43. The first-order valence-electron chi connectivity index (χ1n) is 9.71. The van der Waals surface area contributed by atoms with Gasteiger partial charge in [-0.1, -0.05) is 18.2 Å². The van der Waals surface area contributed by atoms with Gasteiger partial charge in [0.1, 0.15) is 0 Å². The Hall–Kier alpha value is -2.51. The molecule has 2 aliphatic heterocycles. The van der Waals surface area contributed by atoms with E-state index in [0.29, 0.717) is 32.2 Å².